The summed E-state index contributed by atoms with van der Waals surface area (Å²) in [6.45, 7) is 2.18. The van der Waals surface area contributed by atoms with Crippen molar-refractivity contribution in [1.82, 2.24) is 0 Å². The fourth-order valence-electron chi connectivity index (χ4n) is 3.17. The minimum absolute atomic E-state index is 0.00268. The second-order valence-electron chi connectivity index (χ2n) is 5.06. The van der Waals surface area contributed by atoms with Gasteiger partial charge in [0, 0.05) is 13.0 Å². The van der Waals surface area contributed by atoms with Crippen LogP contribution in [0.2, 0.25) is 0 Å². The smallest absolute Gasteiger partial charge is 0.127 e. The van der Waals surface area contributed by atoms with Gasteiger partial charge >= 0.3 is 0 Å². The Morgan fingerprint density at radius 1 is 1.39 bits per heavy atom. The van der Waals surface area contributed by atoms with E-state index >= 15 is 0 Å². The minimum atomic E-state index is -0.339. The van der Waals surface area contributed by atoms with Gasteiger partial charge in [0.05, 0.1) is 37.9 Å². The Kier molecular flexibility index (Phi) is 3.09. The van der Waals surface area contributed by atoms with E-state index in [0.29, 0.717) is 32.0 Å². The molecule has 0 unspecified atom stereocenters. The maximum Gasteiger partial charge on any atom is 0.127 e. The van der Waals surface area contributed by atoms with Crippen LogP contribution in [0, 0.1) is 11.7 Å². The molecule has 2 aliphatic rings. The van der Waals surface area contributed by atoms with Gasteiger partial charge in [0.15, 0.2) is 0 Å². The highest BCUT2D eigenvalue weighted by Gasteiger charge is 2.55. The van der Waals surface area contributed by atoms with Gasteiger partial charge in [-0.15, -0.1) is 0 Å². The second kappa shape index (κ2) is 4.61. The Bertz CT molecular complexity index is 437. The highest BCUT2D eigenvalue weighted by molar-refractivity contribution is 5.32. The van der Waals surface area contributed by atoms with Crippen molar-refractivity contribution in [1.29, 1.82) is 0 Å². The van der Waals surface area contributed by atoms with E-state index in [2.05, 4.69) is 0 Å². The SMILES string of the molecule is COC[C@H]1OC[C@]2(c3ccccc3F)COC[C@H]12. The summed E-state index contributed by atoms with van der Waals surface area (Å²) in [6, 6.07) is 6.92. The largest absolute Gasteiger partial charge is 0.382 e. The molecule has 0 saturated carbocycles. The summed E-state index contributed by atoms with van der Waals surface area (Å²) >= 11 is 0. The maximum atomic E-state index is 14.0. The predicted molar refractivity (Wildman–Crippen MR) is 64.0 cm³/mol. The minimum Gasteiger partial charge on any atom is -0.382 e. The van der Waals surface area contributed by atoms with Crippen LogP contribution in [0.5, 0.6) is 0 Å². The fraction of sp³-hybridized carbons (Fsp3) is 0.571. The number of methoxy groups -OCH3 is 1. The van der Waals surface area contributed by atoms with E-state index in [1.807, 2.05) is 12.1 Å². The van der Waals surface area contributed by atoms with Crippen molar-refractivity contribution in [2.24, 2.45) is 5.92 Å². The quantitative estimate of drug-likeness (QED) is 0.820. The lowest BCUT2D eigenvalue weighted by molar-refractivity contribution is 0.00124. The molecule has 2 heterocycles. The Morgan fingerprint density at radius 3 is 3.00 bits per heavy atom. The molecule has 0 spiro atoms. The third kappa shape index (κ3) is 1.67. The fourth-order valence-corrected chi connectivity index (χ4v) is 3.17. The van der Waals surface area contributed by atoms with E-state index in [4.69, 9.17) is 14.2 Å². The van der Waals surface area contributed by atoms with Crippen LogP contribution in [0.15, 0.2) is 24.3 Å². The van der Waals surface area contributed by atoms with E-state index in [0.717, 1.165) is 0 Å². The van der Waals surface area contributed by atoms with Gasteiger partial charge < -0.3 is 14.2 Å². The predicted octanol–water partition coefficient (Wildman–Crippen LogP) is 1.76. The van der Waals surface area contributed by atoms with Gasteiger partial charge in [-0.3, -0.25) is 0 Å². The summed E-state index contributed by atoms with van der Waals surface area (Å²) < 4.78 is 30.6. The number of fused-ring (bicyclic) bond motifs is 1. The lowest BCUT2D eigenvalue weighted by atomic mass is 9.73. The molecule has 4 heteroatoms. The molecule has 1 aromatic carbocycles. The van der Waals surface area contributed by atoms with E-state index in [1.165, 1.54) is 6.07 Å². The molecule has 3 rings (SSSR count). The van der Waals surface area contributed by atoms with Gasteiger partial charge in [0.2, 0.25) is 0 Å². The first-order chi connectivity index (χ1) is 8.78. The molecular weight excluding hydrogens is 235 g/mol. The van der Waals surface area contributed by atoms with E-state index in [1.54, 1.807) is 13.2 Å². The molecule has 2 aliphatic heterocycles. The molecule has 1 aromatic rings. The van der Waals surface area contributed by atoms with Crippen molar-refractivity contribution >= 4 is 0 Å². The molecular formula is C14H17FO3. The number of hydrogen-bond donors (Lipinski definition) is 0. The number of ether oxygens (including phenoxy) is 3. The van der Waals surface area contributed by atoms with Crippen molar-refractivity contribution in [2.45, 2.75) is 11.5 Å². The third-order valence-electron chi connectivity index (χ3n) is 4.11. The molecule has 2 fully saturated rings. The number of benzene rings is 1. The number of halogens is 1. The molecule has 3 atom stereocenters. The Labute approximate surface area is 106 Å². The molecule has 3 nitrogen and oxygen atoms in total. The summed E-state index contributed by atoms with van der Waals surface area (Å²) in [5, 5.41) is 0. The first-order valence-corrected chi connectivity index (χ1v) is 6.21. The molecule has 0 amide bonds. The third-order valence-corrected chi connectivity index (χ3v) is 4.11. The van der Waals surface area contributed by atoms with Gasteiger partial charge in [-0.1, -0.05) is 18.2 Å². The maximum absolute atomic E-state index is 14.0. The summed E-state index contributed by atoms with van der Waals surface area (Å²) in [5.74, 6) is 0.00372. The normalized spacial score (nSPS) is 34.8. The monoisotopic (exact) mass is 252 g/mol. The summed E-state index contributed by atoms with van der Waals surface area (Å²) in [4.78, 5) is 0. The highest BCUT2D eigenvalue weighted by atomic mass is 19.1. The average molecular weight is 252 g/mol. The van der Waals surface area contributed by atoms with Crippen LogP contribution in [0.3, 0.4) is 0 Å². The molecule has 0 N–H and O–H groups in total. The topological polar surface area (TPSA) is 27.7 Å². The molecule has 0 radical (unpaired) electrons. The van der Waals surface area contributed by atoms with Crippen molar-refractivity contribution < 1.29 is 18.6 Å². The zero-order valence-electron chi connectivity index (χ0n) is 10.4. The van der Waals surface area contributed by atoms with E-state index in [-0.39, 0.29) is 23.3 Å². The van der Waals surface area contributed by atoms with Crippen LogP contribution in [0.1, 0.15) is 5.56 Å². The first-order valence-electron chi connectivity index (χ1n) is 6.21. The summed E-state index contributed by atoms with van der Waals surface area (Å²) in [7, 11) is 1.66. The van der Waals surface area contributed by atoms with Crippen LogP contribution in [-0.2, 0) is 19.6 Å². The molecule has 0 aliphatic carbocycles. The number of rotatable bonds is 3. The van der Waals surface area contributed by atoms with Gasteiger partial charge in [0.25, 0.3) is 0 Å². The van der Waals surface area contributed by atoms with Crippen LogP contribution in [-0.4, -0.2) is 39.6 Å². The second-order valence-corrected chi connectivity index (χ2v) is 5.06. The lowest BCUT2D eigenvalue weighted by Crippen LogP contribution is -2.37. The molecule has 0 bridgehead atoms. The highest BCUT2D eigenvalue weighted by Crippen LogP contribution is 2.46. The van der Waals surface area contributed by atoms with Crippen LogP contribution in [0.25, 0.3) is 0 Å². The van der Waals surface area contributed by atoms with Crippen LogP contribution < -0.4 is 0 Å². The van der Waals surface area contributed by atoms with Crippen molar-refractivity contribution in [3.63, 3.8) is 0 Å². The van der Waals surface area contributed by atoms with Crippen LogP contribution >= 0.6 is 0 Å². The van der Waals surface area contributed by atoms with Crippen molar-refractivity contribution in [3.8, 4) is 0 Å². The molecule has 98 valence electrons. The Hall–Kier alpha value is -0.970. The van der Waals surface area contributed by atoms with E-state index < -0.39 is 0 Å². The standard InChI is InChI=1S/C14H17FO3/c1-16-7-13-11-6-17-8-14(11,9-18-13)10-4-2-3-5-12(10)15/h2-5,11,13H,6-9H2,1H3/t11-,13-,14+/m1/s1. The molecule has 18 heavy (non-hydrogen) atoms. The van der Waals surface area contributed by atoms with Gasteiger partial charge in [0.1, 0.15) is 5.82 Å². The zero-order chi connectivity index (χ0) is 12.6. The summed E-state index contributed by atoms with van der Waals surface area (Å²) in [6.07, 6.45) is -0.00268. The summed E-state index contributed by atoms with van der Waals surface area (Å²) in [5.41, 5.74) is 0.375. The molecule has 2 saturated heterocycles. The van der Waals surface area contributed by atoms with Crippen LogP contribution in [0.4, 0.5) is 4.39 Å². The zero-order valence-corrected chi connectivity index (χ0v) is 10.4. The molecule has 0 aromatic heterocycles. The Morgan fingerprint density at radius 2 is 2.22 bits per heavy atom. The van der Waals surface area contributed by atoms with Gasteiger partial charge in [-0.05, 0) is 11.6 Å². The van der Waals surface area contributed by atoms with Gasteiger partial charge in [-0.2, -0.15) is 0 Å². The lowest BCUT2D eigenvalue weighted by Gasteiger charge is -2.27. The first kappa shape index (κ1) is 12.1. The Balaban J connectivity index is 1.97. The number of hydrogen-bond acceptors (Lipinski definition) is 3. The van der Waals surface area contributed by atoms with Crippen molar-refractivity contribution in [2.75, 3.05) is 33.5 Å². The average Bonchev–Trinajstić information content (AvgIpc) is 2.92. The van der Waals surface area contributed by atoms with Gasteiger partial charge in [-0.25, -0.2) is 4.39 Å². The van der Waals surface area contributed by atoms with E-state index in [9.17, 15) is 4.39 Å². The van der Waals surface area contributed by atoms with Crippen molar-refractivity contribution in [3.05, 3.63) is 35.6 Å².